The second-order valence-corrected chi connectivity index (χ2v) is 7.09. The molecule has 1 aromatic heterocycles. The van der Waals surface area contributed by atoms with Crippen molar-refractivity contribution in [1.82, 2.24) is 14.5 Å². The molecule has 2 aliphatic rings. The fourth-order valence-electron chi connectivity index (χ4n) is 3.11. The van der Waals surface area contributed by atoms with Crippen molar-refractivity contribution in [2.45, 2.75) is 49.5 Å². The molecule has 0 spiro atoms. The molecule has 1 aliphatic heterocycles. The smallest absolute Gasteiger partial charge is 0.260 e. The molecule has 3 rings (SSSR count). The van der Waals surface area contributed by atoms with Crippen LogP contribution in [0, 0.1) is 0 Å². The Bertz CT molecular complexity index is 569. The second kappa shape index (κ2) is 5.44. The molecule has 2 heterocycles. The van der Waals surface area contributed by atoms with Crippen molar-refractivity contribution in [3.63, 3.8) is 0 Å². The number of fused-ring (bicyclic) bond motifs is 1. The number of H-pyrrole nitrogens is 1. The third-order valence-electron chi connectivity index (χ3n) is 4.10. The van der Waals surface area contributed by atoms with Gasteiger partial charge in [-0.05, 0) is 12.8 Å². The Morgan fingerprint density at radius 2 is 2.25 bits per heavy atom. The van der Waals surface area contributed by atoms with Gasteiger partial charge in [-0.1, -0.05) is 12.8 Å². The highest BCUT2D eigenvalue weighted by Gasteiger charge is 2.42. The number of aromatic amines is 1. The van der Waals surface area contributed by atoms with E-state index in [-0.39, 0.29) is 23.8 Å². The number of morpholine rings is 1. The molecule has 2 N–H and O–H groups in total. The van der Waals surface area contributed by atoms with Gasteiger partial charge in [0.1, 0.15) is 0 Å². The highest BCUT2D eigenvalue weighted by Crippen LogP contribution is 2.32. The van der Waals surface area contributed by atoms with Crippen molar-refractivity contribution < 1.29 is 18.3 Å². The molecular formula is C12H19N3O4S. The fourth-order valence-corrected chi connectivity index (χ4v) is 4.88. The van der Waals surface area contributed by atoms with Gasteiger partial charge in [-0.2, -0.15) is 9.40 Å². The van der Waals surface area contributed by atoms with Gasteiger partial charge in [0.25, 0.3) is 10.0 Å². The van der Waals surface area contributed by atoms with E-state index in [1.807, 2.05) is 0 Å². The summed E-state index contributed by atoms with van der Waals surface area (Å²) in [6.07, 6.45) is 5.19. The van der Waals surface area contributed by atoms with E-state index >= 15 is 0 Å². The van der Waals surface area contributed by atoms with Gasteiger partial charge in [0.2, 0.25) is 0 Å². The maximum atomic E-state index is 12.8. The SMILES string of the molecule is O=S(=O)(c1[nH]ncc1CO)N1CCOC2CCCCC21. The average Bonchev–Trinajstić information content (AvgIpc) is 2.96. The predicted molar refractivity (Wildman–Crippen MR) is 70.4 cm³/mol. The molecule has 0 bridgehead atoms. The van der Waals surface area contributed by atoms with Crippen LogP contribution in [0.4, 0.5) is 0 Å². The summed E-state index contributed by atoms with van der Waals surface area (Å²) in [4.78, 5) is 0. The number of aliphatic hydroxyl groups excluding tert-OH is 1. The zero-order chi connectivity index (χ0) is 14.2. The lowest BCUT2D eigenvalue weighted by Gasteiger charge is -2.42. The molecule has 1 saturated heterocycles. The van der Waals surface area contributed by atoms with Crippen LogP contribution in [0.15, 0.2) is 11.2 Å². The molecule has 7 nitrogen and oxygen atoms in total. The first-order valence-electron chi connectivity index (χ1n) is 6.91. The summed E-state index contributed by atoms with van der Waals surface area (Å²) >= 11 is 0. The number of nitrogens with zero attached hydrogens (tertiary/aromatic N) is 2. The number of ether oxygens (including phenoxy) is 1. The number of aliphatic hydroxyl groups is 1. The molecule has 20 heavy (non-hydrogen) atoms. The minimum Gasteiger partial charge on any atom is -0.392 e. The molecule has 1 aromatic rings. The third kappa shape index (κ3) is 2.26. The quantitative estimate of drug-likeness (QED) is 0.833. The van der Waals surface area contributed by atoms with Crippen LogP contribution in [0.3, 0.4) is 0 Å². The average molecular weight is 301 g/mol. The minimum atomic E-state index is -3.66. The molecule has 0 aromatic carbocycles. The summed E-state index contributed by atoms with van der Waals surface area (Å²) in [6, 6.07) is -0.0997. The zero-order valence-electron chi connectivity index (χ0n) is 11.2. The van der Waals surface area contributed by atoms with Gasteiger partial charge in [0.15, 0.2) is 5.03 Å². The van der Waals surface area contributed by atoms with Gasteiger partial charge in [-0.15, -0.1) is 0 Å². The Kier molecular flexibility index (Phi) is 3.80. The van der Waals surface area contributed by atoms with Crippen LogP contribution in [0.1, 0.15) is 31.2 Å². The Morgan fingerprint density at radius 3 is 3.05 bits per heavy atom. The van der Waals surface area contributed by atoms with Crippen LogP contribution in [-0.4, -0.2) is 53.3 Å². The van der Waals surface area contributed by atoms with Crippen LogP contribution < -0.4 is 0 Å². The molecule has 2 fully saturated rings. The topological polar surface area (TPSA) is 95.5 Å². The van der Waals surface area contributed by atoms with Crippen molar-refractivity contribution in [1.29, 1.82) is 0 Å². The van der Waals surface area contributed by atoms with Crippen molar-refractivity contribution >= 4 is 10.0 Å². The van der Waals surface area contributed by atoms with E-state index in [2.05, 4.69) is 10.2 Å². The first-order chi connectivity index (χ1) is 9.64. The van der Waals surface area contributed by atoms with Gasteiger partial charge in [-0.25, -0.2) is 8.42 Å². The van der Waals surface area contributed by atoms with E-state index in [1.165, 1.54) is 10.5 Å². The maximum absolute atomic E-state index is 12.8. The monoisotopic (exact) mass is 301 g/mol. The van der Waals surface area contributed by atoms with E-state index in [9.17, 15) is 13.5 Å². The normalized spacial score (nSPS) is 28.2. The maximum Gasteiger partial charge on any atom is 0.260 e. The van der Waals surface area contributed by atoms with Gasteiger partial charge >= 0.3 is 0 Å². The van der Waals surface area contributed by atoms with Crippen molar-refractivity contribution in [3.8, 4) is 0 Å². The van der Waals surface area contributed by atoms with Crippen molar-refractivity contribution in [2.24, 2.45) is 0 Å². The number of nitrogens with one attached hydrogen (secondary N) is 1. The number of sulfonamides is 1. The number of aromatic nitrogens is 2. The highest BCUT2D eigenvalue weighted by atomic mass is 32.2. The molecule has 2 unspecified atom stereocenters. The Labute approximate surface area is 118 Å². The fraction of sp³-hybridized carbons (Fsp3) is 0.750. The zero-order valence-corrected chi connectivity index (χ0v) is 12.0. The van der Waals surface area contributed by atoms with E-state index in [1.54, 1.807) is 0 Å². The van der Waals surface area contributed by atoms with Crippen LogP contribution >= 0.6 is 0 Å². The summed E-state index contributed by atoms with van der Waals surface area (Å²) in [5.41, 5.74) is 0.309. The standard InChI is InChI=1S/C12H19N3O4S/c16-8-9-7-13-14-12(9)20(17,18)15-5-6-19-11-4-2-1-3-10(11)15/h7,10-11,16H,1-6,8H2,(H,13,14). The summed E-state index contributed by atoms with van der Waals surface area (Å²) in [5, 5.41) is 15.5. The summed E-state index contributed by atoms with van der Waals surface area (Å²) < 4.78 is 32.8. The summed E-state index contributed by atoms with van der Waals surface area (Å²) in [6.45, 7) is 0.430. The molecular weight excluding hydrogens is 282 g/mol. The first kappa shape index (κ1) is 14.0. The highest BCUT2D eigenvalue weighted by molar-refractivity contribution is 7.89. The largest absolute Gasteiger partial charge is 0.392 e. The number of hydrogen-bond acceptors (Lipinski definition) is 5. The number of rotatable bonds is 3. The molecule has 2 atom stereocenters. The Hall–Kier alpha value is -0.960. The molecule has 8 heteroatoms. The molecule has 0 amide bonds. The lowest BCUT2D eigenvalue weighted by atomic mass is 9.91. The Balaban J connectivity index is 1.93. The lowest BCUT2D eigenvalue weighted by molar-refractivity contribution is -0.0587. The molecule has 1 aliphatic carbocycles. The molecule has 1 saturated carbocycles. The van der Waals surface area contributed by atoms with E-state index in [0.717, 1.165) is 25.7 Å². The summed E-state index contributed by atoms with van der Waals surface area (Å²) in [5.74, 6) is 0. The van der Waals surface area contributed by atoms with Crippen LogP contribution in [0.5, 0.6) is 0 Å². The van der Waals surface area contributed by atoms with Gasteiger partial charge in [0, 0.05) is 12.1 Å². The van der Waals surface area contributed by atoms with Gasteiger partial charge < -0.3 is 9.84 Å². The van der Waals surface area contributed by atoms with E-state index in [4.69, 9.17) is 4.74 Å². The second-order valence-electron chi connectivity index (χ2n) is 5.26. The van der Waals surface area contributed by atoms with Gasteiger partial charge in [-0.3, -0.25) is 5.10 Å². The van der Waals surface area contributed by atoms with E-state index < -0.39 is 10.0 Å². The third-order valence-corrected chi connectivity index (χ3v) is 6.04. The lowest BCUT2D eigenvalue weighted by Crippen LogP contribution is -2.54. The Morgan fingerprint density at radius 1 is 1.45 bits per heavy atom. The van der Waals surface area contributed by atoms with Crippen LogP contribution in [-0.2, 0) is 21.4 Å². The molecule has 112 valence electrons. The summed E-state index contributed by atoms with van der Waals surface area (Å²) in [7, 11) is -3.66. The predicted octanol–water partition coefficient (Wildman–Crippen LogP) is 0.234. The minimum absolute atomic E-state index is 0.00576. The van der Waals surface area contributed by atoms with Crippen LogP contribution in [0.2, 0.25) is 0 Å². The number of hydrogen-bond donors (Lipinski definition) is 2. The first-order valence-corrected chi connectivity index (χ1v) is 8.35. The van der Waals surface area contributed by atoms with Crippen molar-refractivity contribution in [2.75, 3.05) is 13.2 Å². The molecule has 0 radical (unpaired) electrons. The van der Waals surface area contributed by atoms with Gasteiger partial charge in [0.05, 0.1) is 31.6 Å². The van der Waals surface area contributed by atoms with Crippen molar-refractivity contribution in [3.05, 3.63) is 11.8 Å². The van der Waals surface area contributed by atoms with E-state index in [0.29, 0.717) is 18.7 Å². The van der Waals surface area contributed by atoms with Crippen LogP contribution in [0.25, 0.3) is 0 Å².